The molecular weight excluding hydrogens is 266 g/mol. The topological polar surface area (TPSA) is 39.4 Å². The molecule has 0 N–H and O–H groups in total. The third-order valence-electron chi connectivity index (χ3n) is 2.66. The fourth-order valence-electron chi connectivity index (χ4n) is 1.89. The Bertz CT molecular complexity index is 431. The Morgan fingerprint density at radius 3 is 2.69 bits per heavy atom. The van der Waals surface area contributed by atoms with Crippen molar-refractivity contribution in [3.63, 3.8) is 0 Å². The van der Waals surface area contributed by atoms with E-state index in [9.17, 15) is 0 Å². The molecule has 0 spiro atoms. The highest BCUT2D eigenvalue weighted by atomic mass is 79.9. The highest BCUT2D eigenvalue weighted by Gasteiger charge is 2.17. The van der Waals surface area contributed by atoms with Gasteiger partial charge in [0.05, 0.1) is 0 Å². The second-order valence-corrected chi connectivity index (χ2v) is 4.63. The number of nitrogens with zero attached hydrogens (tertiary/aromatic N) is 3. The van der Waals surface area contributed by atoms with Crippen molar-refractivity contribution < 1.29 is 0 Å². The van der Waals surface area contributed by atoms with E-state index in [4.69, 9.17) is 5.26 Å². The summed E-state index contributed by atoms with van der Waals surface area (Å²) in [6.45, 7) is 0.947. The van der Waals surface area contributed by atoms with E-state index in [0.717, 1.165) is 41.8 Å². The standard InChI is InChI=1S/C12H12BrN3/c13-10-4-6-11(7-5-10)16-8-2-1-3-12(16)15-9-14/h4-7H,1-3,8H2. The van der Waals surface area contributed by atoms with Crippen molar-refractivity contribution in [1.82, 2.24) is 0 Å². The van der Waals surface area contributed by atoms with Gasteiger partial charge in [-0.15, -0.1) is 0 Å². The summed E-state index contributed by atoms with van der Waals surface area (Å²) in [5, 5.41) is 8.66. The molecule has 82 valence electrons. The third kappa shape index (κ3) is 2.42. The van der Waals surface area contributed by atoms with E-state index >= 15 is 0 Å². The SMILES string of the molecule is N#CN=C1CCCCN1c1ccc(Br)cc1. The van der Waals surface area contributed by atoms with Crippen LogP contribution in [0.2, 0.25) is 0 Å². The number of nitriles is 1. The predicted octanol–water partition coefficient (Wildman–Crippen LogP) is 3.32. The van der Waals surface area contributed by atoms with Gasteiger partial charge in [-0.2, -0.15) is 10.3 Å². The summed E-state index contributed by atoms with van der Waals surface area (Å²) in [5.41, 5.74) is 1.11. The van der Waals surface area contributed by atoms with Gasteiger partial charge in [-0.05, 0) is 37.1 Å². The molecule has 0 unspecified atom stereocenters. The summed E-state index contributed by atoms with van der Waals surface area (Å²) >= 11 is 3.41. The van der Waals surface area contributed by atoms with E-state index in [2.05, 4.69) is 25.8 Å². The van der Waals surface area contributed by atoms with Crippen LogP contribution in [0, 0.1) is 11.5 Å². The first-order chi connectivity index (χ1) is 7.81. The van der Waals surface area contributed by atoms with E-state index in [-0.39, 0.29) is 0 Å². The van der Waals surface area contributed by atoms with Crippen LogP contribution in [-0.4, -0.2) is 12.4 Å². The lowest BCUT2D eigenvalue weighted by atomic mass is 10.1. The predicted molar refractivity (Wildman–Crippen MR) is 68.4 cm³/mol. The normalized spacial score (nSPS) is 18.5. The first-order valence-corrected chi connectivity index (χ1v) is 6.09. The molecule has 16 heavy (non-hydrogen) atoms. The van der Waals surface area contributed by atoms with E-state index in [1.54, 1.807) is 0 Å². The Kier molecular flexibility index (Phi) is 3.58. The molecule has 1 heterocycles. The second kappa shape index (κ2) is 5.13. The highest BCUT2D eigenvalue weighted by molar-refractivity contribution is 9.10. The number of anilines is 1. The van der Waals surface area contributed by atoms with Crippen molar-refractivity contribution in [3.05, 3.63) is 28.7 Å². The van der Waals surface area contributed by atoms with Gasteiger partial charge in [0.2, 0.25) is 6.19 Å². The van der Waals surface area contributed by atoms with Gasteiger partial charge in [-0.3, -0.25) is 0 Å². The summed E-state index contributed by atoms with van der Waals surface area (Å²) in [5.74, 6) is 0.885. The molecule has 1 aromatic rings. The zero-order chi connectivity index (χ0) is 11.4. The molecule has 1 aliphatic heterocycles. The molecular formula is C12H12BrN3. The van der Waals surface area contributed by atoms with Crippen LogP contribution in [0.5, 0.6) is 0 Å². The molecule has 0 amide bonds. The van der Waals surface area contributed by atoms with Crippen LogP contribution < -0.4 is 4.90 Å². The summed E-state index contributed by atoms with van der Waals surface area (Å²) in [7, 11) is 0. The monoisotopic (exact) mass is 277 g/mol. The summed E-state index contributed by atoms with van der Waals surface area (Å²) in [4.78, 5) is 6.02. The molecule has 3 nitrogen and oxygen atoms in total. The number of rotatable bonds is 1. The first-order valence-electron chi connectivity index (χ1n) is 5.30. The number of amidine groups is 1. The van der Waals surface area contributed by atoms with Gasteiger partial charge in [0, 0.05) is 23.1 Å². The Morgan fingerprint density at radius 2 is 2.00 bits per heavy atom. The van der Waals surface area contributed by atoms with Gasteiger partial charge < -0.3 is 4.90 Å². The van der Waals surface area contributed by atoms with Crippen LogP contribution in [0.1, 0.15) is 19.3 Å². The molecule has 0 radical (unpaired) electrons. The molecule has 0 aliphatic carbocycles. The Balaban J connectivity index is 2.27. The quantitative estimate of drug-likeness (QED) is 0.739. The van der Waals surface area contributed by atoms with Crippen molar-refractivity contribution in [2.24, 2.45) is 4.99 Å². The molecule has 4 heteroatoms. The van der Waals surface area contributed by atoms with Crippen LogP contribution in [-0.2, 0) is 0 Å². The minimum atomic E-state index is 0.885. The molecule has 1 aliphatic rings. The van der Waals surface area contributed by atoms with Gasteiger partial charge in [0.15, 0.2) is 0 Å². The van der Waals surface area contributed by atoms with Gasteiger partial charge in [0.1, 0.15) is 5.84 Å². The lowest BCUT2D eigenvalue weighted by molar-refractivity contribution is 0.711. The van der Waals surface area contributed by atoms with Crippen LogP contribution in [0.3, 0.4) is 0 Å². The maximum atomic E-state index is 8.66. The number of piperidine rings is 1. The molecule has 0 atom stereocenters. The maximum absolute atomic E-state index is 8.66. The molecule has 0 aromatic heterocycles. The van der Waals surface area contributed by atoms with E-state index in [1.807, 2.05) is 30.5 Å². The Hall–Kier alpha value is -1.34. The van der Waals surface area contributed by atoms with Crippen molar-refractivity contribution in [2.75, 3.05) is 11.4 Å². The number of halogens is 1. The molecule has 1 fully saturated rings. The number of benzene rings is 1. The Labute approximate surface area is 104 Å². The molecule has 2 rings (SSSR count). The highest BCUT2D eigenvalue weighted by Crippen LogP contribution is 2.23. The number of hydrogen-bond acceptors (Lipinski definition) is 2. The van der Waals surface area contributed by atoms with Crippen LogP contribution in [0.15, 0.2) is 33.7 Å². The van der Waals surface area contributed by atoms with E-state index in [1.165, 1.54) is 0 Å². The lowest BCUT2D eigenvalue weighted by Gasteiger charge is -2.29. The fourth-order valence-corrected chi connectivity index (χ4v) is 2.15. The summed E-state index contributed by atoms with van der Waals surface area (Å²) < 4.78 is 1.06. The molecule has 1 aromatic carbocycles. The van der Waals surface area contributed by atoms with Crippen molar-refractivity contribution in [2.45, 2.75) is 19.3 Å². The van der Waals surface area contributed by atoms with E-state index in [0.29, 0.717) is 0 Å². The van der Waals surface area contributed by atoms with Crippen LogP contribution in [0.25, 0.3) is 0 Å². The zero-order valence-electron chi connectivity index (χ0n) is 8.86. The van der Waals surface area contributed by atoms with Gasteiger partial charge in [0.25, 0.3) is 0 Å². The van der Waals surface area contributed by atoms with Crippen molar-refractivity contribution in [1.29, 1.82) is 5.26 Å². The molecule has 0 saturated carbocycles. The minimum Gasteiger partial charge on any atom is -0.329 e. The number of aliphatic imine (C=N–C) groups is 1. The summed E-state index contributed by atoms with van der Waals surface area (Å²) in [6.07, 6.45) is 5.05. The third-order valence-corrected chi connectivity index (χ3v) is 3.19. The average molecular weight is 278 g/mol. The van der Waals surface area contributed by atoms with Crippen LogP contribution >= 0.6 is 15.9 Å². The average Bonchev–Trinajstić information content (AvgIpc) is 2.32. The largest absolute Gasteiger partial charge is 0.329 e. The molecule has 0 bridgehead atoms. The smallest absolute Gasteiger partial charge is 0.207 e. The molecule has 1 saturated heterocycles. The lowest BCUT2D eigenvalue weighted by Crippen LogP contribution is -2.35. The number of hydrogen-bond donors (Lipinski definition) is 0. The van der Waals surface area contributed by atoms with Crippen molar-refractivity contribution >= 4 is 27.5 Å². The van der Waals surface area contributed by atoms with Gasteiger partial charge >= 0.3 is 0 Å². The first kappa shape index (κ1) is 11.2. The van der Waals surface area contributed by atoms with E-state index < -0.39 is 0 Å². The zero-order valence-corrected chi connectivity index (χ0v) is 10.4. The Morgan fingerprint density at radius 1 is 1.25 bits per heavy atom. The van der Waals surface area contributed by atoms with Crippen molar-refractivity contribution in [3.8, 4) is 6.19 Å². The fraction of sp³-hybridized carbons (Fsp3) is 0.333. The maximum Gasteiger partial charge on any atom is 0.207 e. The van der Waals surface area contributed by atoms with Gasteiger partial charge in [-0.25, -0.2) is 0 Å². The van der Waals surface area contributed by atoms with Crippen LogP contribution in [0.4, 0.5) is 5.69 Å². The van der Waals surface area contributed by atoms with Gasteiger partial charge in [-0.1, -0.05) is 15.9 Å². The second-order valence-electron chi connectivity index (χ2n) is 3.71. The summed E-state index contributed by atoms with van der Waals surface area (Å²) in [6, 6.07) is 8.10. The minimum absolute atomic E-state index is 0.885.